The Balaban J connectivity index is 1.82. The molecule has 0 aliphatic carbocycles. The van der Waals surface area contributed by atoms with E-state index >= 15 is 0 Å². The number of aromatic nitrogens is 1. The average Bonchev–Trinajstić information content (AvgIpc) is 3.50. The van der Waals surface area contributed by atoms with Crippen LogP contribution in [0.5, 0.6) is 0 Å². The van der Waals surface area contributed by atoms with Crippen LogP contribution in [0.1, 0.15) is 42.5 Å². The van der Waals surface area contributed by atoms with E-state index in [1.54, 1.807) is 26.2 Å². The van der Waals surface area contributed by atoms with E-state index in [1.807, 2.05) is 66.7 Å². The second kappa shape index (κ2) is 10.7. The lowest BCUT2D eigenvalue weighted by molar-refractivity contribution is 0.229. The SMILES string of the molecule is CCOP(=O)(OCC)c1nc(C(c2ccccc2)c2ccccc2)oc1NCc1ccco1. The van der Waals surface area contributed by atoms with Gasteiger partial charge in [0.15, 0.2) is 0 Å². The molecule has 0 fully saturated rings. The summed E-state index contributed by atoms with van der Waals surface area (Å²) in [6, 6.07) is 23.5. The van der Waals surface area contributed by atoms with Crippen LogP contribution in [0, 0.1) is 0 Å². The minimum absolute atomic E-state index is 0.129. The normalized spacial score (nSPS) is 11.7. The highest BCUT2D eigenvalue weighted by Gasteiger charge is 2.37. The number of nitrogens with zero attached hydrogens (tertiary/aromatic N) is 1. The third-order valence-corrected chi connectivity index (χ3v) is 7.02. The highest BCUT2D eigenvalue weighted by molar-refractivity contribution is 7.62. The summed E-state index contributed by atoms with van der Waals surface area (Å²) in [5.41, 5.74) is 2.12. The van der Waals surface area contributed by atoms with E-state index in [0.717, 1.165) is 11.1 Å². The number of benzene rings is 2. The summed E-state index contributed by atoms with van der Waals surface area (Å²) < 4.78 is 36.5. The first kappa shape index (κ1) is 23.1. The van der Waals surface area contributed by atoms with Crippen molar-refractivity contribution in [2.24, 2.45) is 0 Å². The maximum atomic E-state index is 13.7. The first-order valence-electron chi connectivity index (χ1n) is 10.9. The minimum Gasteiger partial charge on any atom is -0.467 e. The van der Waals surface area contributed by atoms with Crippen molar-refractivity contribution in [3.63, 3.8) is 0 Å². The number of nitrogens with one attached hydrogen (secondary N) is 1. The van der Waals surface area contributed by atoms with Gasteiger partial charge in [-0.05, 0) is 37.1 Å². The Kier molecular flexibility index (Phi) is 7.45. The molecule has 0 atom stereocenters. The van der Waals surface area contributed by atoms with Crippen molar-refractivity contribution in [2.75, 3.05) is 18.5 Å². The van der Waals surface area contributed by atoms with Crippen LogP contribution in [0.15, 0.2) is 87.9 Å². The van der Waals surface area contributed by atoms with Crippen LogP contribution >= 0.6 is 7.60 Å². The molecule has 7 nitrogen and oxygen atoms in total. The predicted octanol–water partition coefficient (Wildman–Crippen LogP) is 5.95. The molecule has 0 unspecified atom stereocenters. The summed E-state index contributed by atoms with van der Waals surface area (Å²) in [7, 11) is -3.72. The number of anilines is 1. The number of furan rings is 1. The summed E-state index contributed by atoms with van der Waals surface area (Å²) in [6.07, 6.45) is 1.59. The standard InChI is InChI=1S/C25H27N2O5P/c1-3-30-33(28,31-4-2)25-24(26-18-21-16-11-17-29-21)32-23(27-25)22(19-12-7-5-8-13-19)20-14-9-6-10-15-20/h5-17,22,26H,3-4,18H2,1-2H3. The molecule has 4 aromatic rings. The van der Waals surface area contributed by atoms with Crippen molar-refractivity contribution in [1.82, 2.24) is 4.98 Å². The van der Waals surface area contributed by atoms with Crippen LogP contribution in [0.3, 0.4) is 0 Å². The van der Waals surface area contributed by atoms with Crippen molar-refractivity contribution in [1.29, 1.82) is 0 Å². The lowest BCUT2D eigenvalue weighted by Gasteiger charge is -2.15. The largest absolute Gasteiger partial charge is 0.467 e. The monoisotopic (exact) mass is 466 g/mol. The number of hydrogen-bond acceptors (Lipinski definition) is 7. The fraction of sp³-hybridized carbons (Fsp3) is 0.240. The molecular weight excluding hydrogens is 439 g/mol. The molecule has 0 spiro atoms. The molecule has 0 saturated heterocycles. The Morgan fingerprint density at radius 3 is 2.03 bits per heavy atom. The summed E-state index contributed by atoms with van der Waals surface area (Å²) in [4.78, 5) is 4.70. The second-order valence-corrected chi connectivity index (χ2v) is 9.16. The molecule has 0 aliphatic heterocycles. The van der Waals surface area contributed by atoms with Gasteiger partial charge < -0.3 is 23.2 Å². The van der Waals surface area contributed by atoms with E-state index < -0.39 is 7.60 Å². The quantitative estimate of drug-likeness (QED) is 0.273. The number of hydrogen-bond donors (Lipinski definition) is 1. The Hall–Kier alpha value is -3.12. The minimum atomic E-state index is -3.72. The van der Waals surface area contributed by atoms with E-state index in [4.69, 9.17) is 22.9 Å². The van der Waals surface area contributed by atoms with Gasteiger partial charge in [0, 0.05) is 0 Å². The summed E-state index contributed by atoms with van der Waals surface area (Å²) in [6.45, 7) is 4.27. The molecule has 2 aromatic heterocycles. The van der Waals surface area contributed by atoms with Gasteiger partial charge in [-0.15, -0.1) is 0 Å². The zero-order valence-electron chi connectivity index (χ0n) is 18.6. The smallest absolute Gasteiger partial charge is 0.385 e. The first-order chi connectivity index (χ1) is 16.1. The van der Waals surface area contributed by atoms with Gasteiger partial charge in [-0.25, -0.2) is 4.98 Å². The molecule has 0 aliphatic rings. The van der Waals surface area contributed by atoms with E-state index in [9.17, 15) is 4.57 Å². The molecule has 1 N–H and O–H groups in total. The zero-order valence-corrected chi connectivity index (χ0v) is 19.5. The van der Waals surface area contributed by atoms with Crippen LogP contribution in [0.2, 0.25) is 0 Å². The van der Waals surface area contributed by atoms with Crippen molar-refractivity contribution < 1.29 is 22.4 Å². The molecule has 0 saturated carbocycles. The van der Waals surface area contributed by atoms with Crippen LogP contribution in [0.25, 0.3) is 0 Å². The fourth-order valence-corrected chi connectivity index (χ4v) is 5.19. The molecule has 33 heavy (non-hydrogen) atoms. The van der Waals surface area contributed by atoms with Gasteiger partial charge in [0.25, 0.3) is 0 Å². The van der Waals surface area contributed by atoms with Crippen LogP contribution in [0.4, 0.5) is 5.88 Å². The lowest BCUT2D eigenvalue weighted by Crippen LogP contribution is -2.17. The van der Waals surface area contributed by atoms with Crippen LogP contribution in [-0.4, -0.2) is 18.2 Å². The summed E-state index contributed by atoms with van der Waals surface area (Å²) in [5, 5.41) is 3.16. The van der Waals surface area contributed by atoms with Gasteiger partial charge in [-0.2, -0.15) is 0 Å². The van der Waals surface area contributed by atoms with Gasteiger partial charge in [0.05, 0.1) is 31.9 Å². The van der Waals surface area contributed by atoms with E-state index in [0.29, 0.717) is 18.2 Å². The topological polar surface area (TPSA) is 86.7 Å². The summed E-state index contributed by atoms with van der Waals surface area (Å²) >= 11 is 0. The molecule has 0 radical (unpaired) electrons. The van der Waals surface area contributed by atoms with Gasteiger partial charge >= 0.3 is 7.60 Å². The molecule has 0 bridgehead atoms. The Morgan fingerprint density at radius 1 is 0.909 bits per heavy atom. The highest BCUT2D eigenvalue weighted by atomic mass is 31.2. The zero-order chi connectivity index (χ0) is 23.1. The van der Waals surface area contributed by atoms with Crippen LogP contribution < -0.4 is 10.8 Å². The molecule has 8 heteroatoms. The third kappa shape index (κ3) is 5.28. The van der Waals surface area contributed by atoms with E-state index in [2.05, 4.69) is 5.32 Å². The molecule has 172 valence electrons. The van der Waals surface area contributed by atoms with Crippen molar-refractivity contribution in [3.05, 3.63) is 102 Å². The van der Waals surface area contributed by atoms with Crippen molar-refractivity contribution >= 4 is 18.9 Å². The van der Waals surface area contributed by atoms with Crippen molar-refractivity contribution in [3.8, 4) is 0 Å². The number of oxazole rings is 1. The van der Waals surface area contributed by atoms with Gasteiger partial charge in [-0.3, -0.25) is 4.57 Å². The molecule has 2 heterocycles. The predicted molar refractivity (Wildman–Crippen MR) is 127 cm³/mol. The highest BCUT2D eigenvalue weighted by Crippen LogP contribution is 2.49. The average molecular weight is 466 g/mol. The Morgan fingerprint density at radius 2 is 1.52 bits per heavy atom. The molecule has 0 amide bonds. The maximum Gasteiger partial charge on any atom is 0.385 e. The van der Waals surface area contributed by atoms with E-state index in [-0.39, 0.29) is 30.5 Å². The van der Waals surface area contributed by atoms with Crippen LogP contribution in [-0.2, 0) is 20.2 Å². The maximum absolute atomic E-state index is 13.7. The Labute approximate surface area is 193 Å². The lowest BCUT2D eigenvalue weighted by atomic mass is 9.91. The third-order valence-electron chi connectivity index (χ3n) is 5.00. The second-order valence-electron chi connectivity index (χ2n) is 7.23. The fourth-order valence-electron chi connectivity index (χ4n) is 3.60. The Bertz CT molecular complexity index is 1130. The summed E-state index contributed by atoms with van der Waals surface area (Å²) in [5.74, 6) is 1.03. The molecule has 2 aromatic carbocycles. The number of rotatable bonds is 11. The van der Waals surface area contributed by atoms with Crippen molar-refractivity contribution in [2.45, 2.75) is 26.3 Å². The van der Waals surface area contributed by atoms with Gasteiger partial charge in [0.1, 0.15) is 5.76 Å². The van der Waals surface area contributed by atoms with E-state index in [1.165, 1.54) is 0 Å². The molecule has 4 rings (SSSR count). The molecular formula is C25H27N2O5P. The van der Waals surface area contributed by atoms with Gasteiger partial charge in [-0.1, -0.05) is 60.7 Å². The van der Waals surface area contributed by atoms with Gasteiger partial charge in [0.2, 0.25) is 17.2 Å². The first-order valence-corrected chi connectivity index (χ1v) is 12.5.